The van der Waals surface area contributed by atoms with Crippen molar-refractivity contribution in [2.75, 3.05) is 6.61 Å². The van der Waals surface area contributed by atoms with Gasteiger partial charge < -0.3 is 14.9 Å². The third kappa shape index (κ3) is 3.96. The lowest BCUT2D eigenvalue weighted by Crippen LogP contribution is -2.27. The zero-order chi connectivity index (χ0) is 15.2. The summed E-state index contributed by atoms with van der Waals surface area (Å²) in [5.74, 6) is -0.679. The third-order valence-corrected chi connectivity index (χ3v) is 3.80. The van der Waals surface area contributed by atoms with Crippen molar-refractivity contribution >= 4 is 17.3 Å². The van der Waals surface area contributed by atoms with Crippen LogP contribution in [0.2, 0.25) is 0 Å². The number of phenolic OH excluding ortho intramolecular Hbond substituents is 1. The number of rotatable bonds is 7. The fraction of sp³-hybridized carbons (Fsp3) is 0.267. The summed E-state index contributed by atoms with van der Waals surface area (Å²) in [6.45, 7) is 2.67. The van der Waals surface area contributed by atoms with Gasteiger partial charge in [-0.05, 0) is 36.1 Å². The van der Waals surface area contributed by atoms with Crippen LogP contribution < -0.4 is 10.1 Å². The maximum atomic E-state index is 11.5. The number of nitrogens with one attached hydrogen (secondary N) is 1. The monoisotopic (exact) mass is 307 g/mol. The summed E-state index contributed by atoms with van der Waals surface area (Å²) in [7, 11) is 0. The molecule has 0 aliphatic heterocycles. The van der Waals surface area contributed by atoms with Gasteiger partial charge in [0.2, 0.25) is 0 Å². The molecule has 1 atom stereocenters. The Hall–Kier alpha value is -2.05. The van der Waals surface area contributed by atoms with Crippen molar-refractivity contribution < 1.29 is 19.7 Å². The normalized spacial score (nSPS) is 12.0. The van der Waals surface area contributed by atoms with Crippen LogP contribution in [0.3, 0.4) is 0 Å². The van der Waals surface area contributed by atoms with Gasteiger partial charge in [-0.1, -0.05) is 12.1 Å². The van der Waals surface area contributed by atoms with Crippen molar-refractivity contribution in [1.82, 2.24) is 5.32 Å². The molecular weight excluding hydrogens is 290 g/mol. The van der Waals surface area contributed by atoms with Gasteiger partial charge in [-0.15, -0.1) is 11.3 Å². The summed E-state index contributed by atoms with van der Waals surface area (Å²) >= 11 is 1.57. The number of aliphatic carboxylic acids is 1. The van der Waals surface area contributed by atoms with E-state index in [1.807, 2.05) is 17.5 Å². The van der Waals surface area contributed by atoms with Crippen molar-refractivity contribution in [2.24, 2.45) is 0 Å². The van der Waals surface area contributed by atoms with E-state index >= 15 is 0 Å². The lowest BCUT2D eigenvalue weighted by Gasteiger charge is -2.16. The van der Waals surface area contributed by atoms with Gasteiger partial charge in [-0.25, -0.2) is 0 Å². The lowest BCUT2D eigenvalue weighted by atomic mass is 10.1. The van der Waals surface area contributed by atoms with Crippen LogP contribution >= 0.6 is 11.3 Å². The number of carboxylic acids is 1. The molecule has 1 aromatic heterocycles. The minimum atomic E-state index is -0.973. The van der Waals surface area contributed by atoms with E-state index in [-0.39, 0.29) is 5.75 Å². The highest BCUT2D eigenvalue weighted by Crippen LogP contribution is 2.29. The third-order valence-electron chi connectivity index (χ3n) is 2.92. The summed E-state index contributed by atoms with van der Waals surface area (Å²) in [5, 5.41) is 24.0. The second-order valence-electron chi connectivity index (χ2n) is 4.39. The highest BCUT2D eigenvalue weighted by atomic mass is 32.1. The van der Waals surface area contributed by atoms with Crippen LogP contribution in [0.1, 0.15) is 23.4 Å². The number of ether oxygens (including phenoxy) is 1. The molecule has 3 N–H and O–H groups in total. The van der Waals surface area contributed by atoms with Crippen molar-refractivity contribution in [3.8, 4) is 11.5 Å². The fourth-order valence-electron chi connectivity index (χ4n) is 1.94. The van der Waals surface area contributed by atoms with E-state index in [0.29, 0.717) is 24.5 Å². The second kappa shape index (κ2) is 7.10. The number of aromatic hydroxyl groups is 1. The number of phenols is 1. The molecule has 2 aromatic rings. The SMILES string of the molecule is CCOc1cc(C(NCc2cccs2)C(=O)O)ccc1O. The first-order valence-electron chi connectivity index (χ1n) is 6.56. The molecule has 0 bridgehead atoms. The zero-order valence-electron chi connectivity index (χ0n) is 11.6. The molecule has 5 nitrogen and oxygen atoms in total. The van der Waals surface area contributed by atoms with Gasteiger partial charge in [0.1, 0.15) is 6.04 Å². The number of thiophene rings is 1. The molecule has 1 heterocycles. The lowest BCUT2D eigenvalue weighted by molar-refractivity contribution is -0.139. The van der Waals surface area contributed by atoms with Crippen LogP contribution in [0, 0.1) is 0 Å². The molecular formula is C15H17NO4S. The van der Waals surface area contributed by atoms with Gasteiger partial charge in [-0.3, -0.25) is 10.1 Å². The zero-order valence-corrected chi connectivity index (χ0v) is 12.4. The van der Waals surface area contributed by atoms with E-state index in [4.69, 9.17) is 4.74 Å². The first-order chi connectivity index (χ1) is 10.1. The first-order valence-corrected chi connectivity index (χ1v) is 7.44. The Morgan fingerprint density at radius 2 is 2.24 bits per heavy atom. The molecule has 0 saturated carbocycles. The molecule has 0 amide bonds. The molecule has 0 aliphatic carbocycles. The van der Waals surface area contributed by atoms with Crippen LogP contribution in [0.5, 0.6) is 11.5 Å². The van der Waals surface area contributed by atoms with Gasteiger partial charge in [0.15, 0.2) is 11.5 Å². The average Bonchev–Trinajstić information content (AvgIpc) is 2.95. The molecule has 0 fully saturated rings. The molecule has 21 heavy (non-hydrogen) atoms. The number of hydrogen-bond acceptors (Lipinski definition) is 5. The molecule has 0 radical (unpaired) electrons. The molecule has 0 aliphatic rings. The van der Waals surface area contributed by atoms with E-state index in [9.17, 15) is 15.0 Å². The van der Waals surface area contributed by atoms with Gasteiger partial charge in [0, 0.05) is 11.4 Å². The van der Waals surface area contributed by atoms with Crippen LogP contribution in [-0.4, -0.2) is 22.8 Å². The summed E-state index contributed by atoms with van der Waals surface area (Å²) in [4.78, 5) is 12.5. The molecule has 0 saturated heterocycles. The van der Waals surface area contributed by atoms with Crippen molar-refractivity contribution in [3.05, 3.63) is 46.2 Å². The van der Waals surface area contributed by atoms with E-state index in [1.54, 1.807) is 30.4 Å². The molecule has 112 valence electrons. The second-order valence-corrected chi connectivity index (χ2v) is 5.42. The van der Waals surface area contributed by atoms with Gasteiger partial charge in [-0.2, -0.15) is 0 Å². The predicted octanol–water partition coefficient (Wildman–Crippen LogP) is 2.77. The van der Waals surface area contributed by atoms with Crippen molar-refractivity contribution in [1.29, 1.82) is 0 Å². The summed E-state index contributed by atoms with van der Waals surface area (Å²) in [6.07, 6.45) is 0. The maximum Gasteiger partial charge on any atom is 0.325 e. The summed E-state index contributed by atoms with van der Waals surface area (Å²) < 4.78 is 5.29. The number of carboxylic acid groups (broad SMARTS) is 1. The molecule has 6 heteroatoms. The van der Waals surface area contributed by atoms with Gasteiger partial charge >= 0.3 is 5.97 Å². The minimum absolute atomic E-state index is 0.00277. The molecule has 1 unspecified atom stereocenters. The Kier molecular flexibility index (Phi) is 5.19. The topological polar surface area (TPSA) is 78.8 Å². The van der Waals surface area contributed by atoms with Crippen molar-refractivity contribution in [2.45, 2.75) is 19.5 Å². The van der Waals surface area contributed by atoms with E-state index < -0.39 is 12.0 Å². The van der Waals surface area contributed by atoms with E-state index in [0.717, 1.165) is 4.88 Å². The molecule has 2 rings (SSSR count). The predicted molar refractivity (Wildman–Crippen MR) is 80.8 cm³/mol. The highest BCUT2D eigenvalue weighted by molar-refractivity contribution is 7.09. The van der Waals surface area contributed by atoms with Crippen LogP contribution in [-0.2, 0) is 11.3 Å². The van der Waals surface area contributed by atoms with Gasteiger partial charge in [0.05, 0.1) is 6.61 Å². The van der Waals surface area contributed by atoms with Crippen LogP contribution in [0.25, 0.3) is 0 Å². The Morgan fingerprint density at radius 3 is 2.86 bits per heavy atom. The fourth-order valence-corrected chi connectivity index (χ4v) is 2.60. The summed E-state index contributed by atoms with van der Waals surface area (Å²) in [6, 6.07) is 7.59. The quantitative estimate of drug-likeness (QED) is 0.733. The molecule has 0 spiro atoms. The average molecular weight is 307 g/mol. The van der Waals surface area contributed by atoms with Crippen molar-refractivity contribution in [3.63, 3.8) is 0 Å². The Morgan fingerprint density at radius 1 is 1.43 bits per heavy atom. The standard InChI is InChI=1S/C15H17NO4S/c1-2-20-13-8-10(5-6-12(13)17)14(15(18)19)16-9-11-4-3-7-21-11/h3-8,14,16-17H,2,9H2,1H3,(H,18,19). The summed E-state index contributed by atoms with van der Waals surface area (Å²) in [5.41, 5.74) is 0.542. The Balaban J connectivity index is 2.17. The van der Waals surface area contributed by atoms with Gasteiger partial charge in [0.25, 0.3) is 0 Å². The maximum absolute atomic E-state index is 11.5. The van der Waals surface area contributed by atoms with Crippen LogP contribution in [0.15, 0.2) is 35.7 Å². The van der Waals surface area contributed by atoms with Crippen LogP contribution in [0.4, 0.5) is 0 Å². The first kappa shape index (κ1) is 15.3. The van der Waals surface area contributed by atoms with E-state index in [1.165, 1.54) is 6.07 Å². The molecule has 1 aromatic carbocycles. The highest BCUT2D eigenvalue weighted by Gasteiger charge is 2.20. The Labute approximate surface area is 126 Å². The number of benzene rings is 1. The largest absolute Gasteiger partial charge is 0.504 e. The number of carbonyl (C=O) groups is 1. The minimum Gasteiger partial charge on any atom is -0.504 e. The van der Waals surface area contributed by atoms with E-state index in [2.05, 4.69) is 5.32 Å². The number of hydrogen-bond donors (Lipinski definition) is 3. The smallest absolute Gasteiger partial charge is 0.325 e. The Bertz CT molecular complexity index is 598.